The summed E-state index contributed by atoms with van der Waals surface area (Å²) in [5, 5.41) is 4.19. The van der Waals surface area contributed by atoms with Gasteiger partial charge in [-0.2, -0.15) is 0 Å². The molecule has 88 valence electrons. The Morgan fingerprint density at radius 1 is 1.38 bits per heavy atom. The van der Waals surface area contributed by atoms with E-state index in [1.54, 1.807) is 0 Å². The van der Waals surface area contributed by atoms with Crippen LogP contribution in [-0.2, 0) is 10.8 Å². The average Bonchev–Trinajstić information content (AvgIpc) is 2.25. The van der Waals surface area contributed by atoms with Crippen LogP contribution in [0.3, 0.4) is 0 Å². The van der Waals surface area contributed by atoms with Crippen molar-refractivity contribution in [1.82, 2.24) is 0 Å². The number of benzene rings is 1. The molecule has 0 unspecified atom stereocenters. The first-order valence-corrected chi connectivity index (χ1v) is 8.16. The molecule has 1 saturated heterocycles. The molecule has 1 aliphatic rings. The van der Waals surface area contributed by atoms with Gasteiger partial charge in [0.2, 0.25) is 0 Å². The molecule has 2 rings (SSSR count). The first-order valence-electron chi connectivity index (χ1n) is 5.22. The van der Waals surface area contributed by atoms with Gasteiger partial charge in [-0.15, -0.1) is 0 Å². The van der Waals surface area contributed by atoms with Crippen LogP contribution in [-0.4, -0.2) is 21.8 Å². The van der Waals surface area contributed by atoms with Crippen LogP contribution in [0.4, 0.5) is 5.69 Å². The Labute approximate surface area is 117 Å². The molecule has 0 spiro atoms. The van der Waals surface area contributed by atoms with Crippen molar-refractivity contribution < 1.29 is 4.21 Å². The monoisotopic (exact) mass is 369 g/mol. The molecule has 0 saturated carbocycles. The van der Waals surface area contributed by atoms with Gasteiger partial charge in [0.15, 0.2) is 0 Å². The number of rotatable bonds is 2. The summed E-state index contributed by atoms with van der Waals surface area (Å²) in [6.45, 7) is 0. The standard InChI is InChI=1S/C11H13ClINOS/c12-10-7-8(13)1-2-11(10)14-9-3-5-16(15)6-4-9/h1-2,7,9,14H,3-6H2. The topological polar surface area (TPSA) is 29.1 Å². The van der Waals surface area contributed by atoms with Gasteiger partial charge in [0, 0.05) is 31.9 Å². The van der Waals surface area contributed by atoms with Crippen LogP contribution in [0, 0.1) is 3.57 Å². The van der Waals surface area contributed by atoms with Gasteiger partial charge in [-0.3, -0.25) is 4.21 Å². The second kappa shape index (κ2) is 5.69. The highest BCUT2D eigenvalue weighted by molar-refractivity contribution is 14.1. The normalized spacial score (nSPS) is 25.4. The van der Waals surface area contributed by atoms with E-state index in [4.69, 9.17) is 11.6 Å². The van der Waals surface area contributed by atoms with Gasteiger partial charge < -0.3 is 5.32 Å². The predicted octanol–water partition coefficient (Wildman–Crippen LogP) is 3.27. The minimum absolute atomic E-state index is 0.412. The van der Waals surface area contributed by atoms with Crippen molar-refractivity contribution in [2.24, 2.45) is 0 Å². The lowest BCUT2D eigenvalue weighted by Gasteiger charge is -2.24. The van der Waals surface area contributed by atoms with Crippen molar-refractivity contribution in [2.45, 2.75) is 18.9 Å². The number of nitrogens with one attached hydrogen (secondary N) is 1. The Morgan fingerprint density at radius 3 is 2.69 bits per heavy atom. The summed E-state index contributed by atoms with van der Waals surface area (Å²) in [6.07, 6.45) is 1.93. The maximum Gasteiger partial charge on any atom is 0.0648 e. The largest absolute Gasteiger partial charge is 0.381 e. The third-order valence-corrected chi connectivity index (χ3v) is 5.04. The molecule has 16 heavy (non-hydrogen) atoms. The van der Waals surface area contributed by atoms with Crippen LogP contribution in [0.25, 0.3) is 0 Å². The quantitative estimate of drug-likeness (QED) is 0.811. The highest BCUT2D eigenvalue weighted by atomic mass is 127. The van der Waals surface area contributed by atoms with E-state index in [1.807, 2.05) is 18.2 Å². The van der Waals surface area contributed by atoms with E-state index in [0.717, 1.165) is 38.6 Å². The number of anilines is 1. The van der Waals surface area contributed by atoms with E-state index in [1.165, 1.54) is 0 Å². The minimum atomic E-state index is -0.602. The van der Waals surface area contributed by atoms with E-state index in [9.17, 15) is 4.21 Å². The van der Waals surface area contributed by atoms with E-state index in [-0.39, 0.29) is 0 Å². The molecule has 1 heterocycles. The van der Waals surface area contributed by atoms with Gasteiger partial charge in [-0.1, -0.05) is 11.6 Å². The highest BCUT2D eigenvalue weighted by Crippen LogP contribution is 2.26. The van der Waals surface area contributed by atoms with Crippen molar-refractivity contribution in [3.05, 3.63) is 26.8 Å². The van der Waals surface area contributed by atoms with Crippen molar-refractivity contribution in [3.8, 4) is 0 Å². The molecule has 0 amide bonds. The van der Waals surface area contributed by atoms with Crippen LogP contribution in [0.1, 0.15) is 12.8 Å². The van der Waals surface area contributed by atoms with Crippen molar-refractivity contribution in [1.29, 1.82) is 0 Å². The maximum absolute atomic E-state index is 11.2. The lowest BCUT2D eigenvalue weighted by molar-refractivity contribution is 0.624. The smallest absolute Gasteiger partial charge is 0.0648 e. The Kier molecular flexibility index (Phi) is 4.49. The van der Waals surface area contributed by atoms with E-state index in [0.29, 0.717) is 6.04 Å². The SMILES string of the molecule is O=S1CCC(Nc2ccc(I)cc2Cl)CC1. The maximum atomic E-state index is 11.2. The van der Waals surface area contributed by atoms with Gasteiger partial charge in [-0.05, 0) is 53.6 Å². The predicted molar refractivity (Wildman–Crippen MR) is 78.7 cm³/mol. The number of halogens is 2. The summed E-state index contributed by atoms with van der Waals surface area (Å²) in [5.41, 5.74) is 0.986. The highest BCUT2D eigenvalue weighted by Gasteiger charge is 2.18. The van der Waals surface area contributed by atoms with E-state index >= 15 is 0 Å². The average molecular weight is 370 g/mol. The zero-order valence-electron chi connectivity index (χ0n) is 8.71. The minimum Gasteiger partial charge on any atom is -0.381 e. The zero-order chi connectivity index (χ0) is 11.5. The Balaban J connectivity index is 2.01. The molecule has 0 atom stereocenters. The summed E-state index contributed by atoms with van der Waals surface area (Å²) >= 11 is 8.39. The lowest BCUT2D eigenvalue weighted by atomic mass is 10.1. The van der Waals surface area contributed by atoms with Crippen molar-refractivity contribution in [2.75, 3.05) is 16.8 Å². The van der Waals surface area contributed by atoms with Crippen LogP contribution < -0.4 is 5.32 Å². The lowest BCUT2D eigenvalue weighted by Crippen LogP contribution is -2.29. The molecule has 5 heteroatoms. The van der Waals surface area contributed by atoms with Crippen LogP contribution in [0.5, 0.6) is 0 Å². The zero-order valence-corrected chi connectivity index (χ0v) is 12.4. The Hall–Kier alpha value is 0.190. The molecule has 2 nitrogen and oxygen atoms in total. The molecule has 0 aromatic heterocycles. The number of hydrogen-bond acceptors (Lipinski definition) is 2. The fourth-order valence-electron chi connectivity index (χ4n) is 1.76. The molecule has 1 N–H and O–H groups in total. The summed E-state index contributed by atoms with van der Waals surface area (Å²) in [4.78, 5) is 0. The first-order chi connectivity index (χ1) is 7.65. The third-order valence-electron chi connectivity index (χ3n) is 2.68. The van der Waals surface area contributed by atoms with Gasteiger partial charge in [0.25, 0.3) is 0 Å². The Morgan fingerprint density at radius 2 is 2.06 bits per heavy atom. The fourth-order valence-corrected chi connectivity index (χ4v) is 3.97. The van der Waals surface area contributed by atoms with Gasteiger partial charge >= 0.3 is 0 Å². The molecule has 1 aromatic rings. The van der Waals surface area contributed by atoms with Crippen molar-refractivity contribution >= 4 is 50.7 Å². The molecule has 0 aliphatic carbocycles. The van der Waals surface area contributed by atoms with Crippen LogP contribution in [0.2, 0.25) is 5.02 Å². The Bertz CT molecular complexity index is 403. The molecular formula is C11H13ClINOS. The van der Waals surface area contributed by atoms with Gasteiger partial charge in [0.05, 0.1) is 10.7 Å². The summed E-state index contributed by atoms with van der Waals surface area (Å²) in [7, 11) is -0.602. The van der Waals surface area contributed by atoms with Crippen molar-refractivity contribution in [3.63, 3.8) is 0 Å². The van der Waals surface area contributed by atoms with Gasteiger partial charge in [0.1, 0.15) is 0 Å². The molecular weight excluding hydrogens is 357 g/mol. The summed E-state index contributed by atoms with van der Waals surface area (Å²) in [5.74, 6) is 1.61. The first kappa shape index (κ1) is 12.6. The molecule has 1 aromatic carbocycles. The summed E-state index contributed by atoms with van der Waals surface area (Å²) < 4.78 is 12.4. The summed E-state index contributed by atoms with van der Waals surface area (Å²) in [6, 6.07) is 6.41. The fraction of sp³-hybridized carbons (Fsp3) is 0.455. The molecule has 0 radical (unpaired) electrons. The van der Waals surface area contributed by atoms with E-state index < -0.39 is 10.8 Å². The van der Waals surface area contributed by atoms with Crippen LogP contribution >= 0.6 is 34.2 Å². The molecule has 1 fully saturated rings. The second-order valence-corrected chi connectivity index (χ2v) is 7.24. The third kappa shape index (κ3) is 3.34. The van der Waals surface area contributed by atoms with Gasteiger partial charge in [-0.25, -0.2) is 0 Å². The van der Waals surface area contributed by atoms with E-state index in [2.05, 4.69) is 27.9 Å². The molecule has 1 aliphatic heterocycles. The molecule has 0 bridgehead atoms. The number of hydrogen-bond donors (Lipinski definition) is 1. The van der Waals surface area contributed by atoms with Crippen LogP contribution in [0.15, 0.2) is 18.2 Å². The second-order valence-electron chi connectivity index (χ2n) is 3.89.